The van der Waals surface area contributed by atoms with Gasteiger partial charge in [0.2, 0.25) is 0 Å². The summed E-state index contributed by atoms with van der Waals surface area (Å²) in [6, 6.07) is 13.3. The van der Waals surface area contributed by atoms with E-state index in [0.717, 1.165) is 22.0 Å². The number of aromatic nitrogens is 2. The van der Waals surface area contributed by atoms with Gasteiger partial charge >= 0.3 is 5.97 Å². The number of carbonyl (C=O) groups is 1. The lowest BCUT2D eigenvalue weighted by Crippen LogP contribution is -2.08. The van der Waals surface area contributed by atoms with E-state index in [2.05, 4.69) is 16.9 Å². The van der Waals surface area contributed by atoms with Crippen LogP contribution in [0.5, 0.6) is 5.75 Å². The number of rotatable bonds is 10. The van der Waals surface area contributed by atoms with Crippen LogP contribution in [0.15, 0.2) is 48.7 Å². The Morgan fingerprint density at radius 1 is 1.22 bits per heavy atom. The molecule has 1 unspecified atom stereocenters. The van der Waals surface area contributed by atoms with Gasteiger partial charge in [-0.2, -0.15) is 5.10 Å². The molecule has 0 spiro atoms. The number of hydrogen-bond acceptors (Lipinski definition) is 5. The van der Waals surface area contributed by atoms with Crippen molar-refractivity contribution in [2.45, 2.75) is 38.8 Å². The number of hydrogen-bond donors (Lipinski definition) is 1. The third-order valence-electron chi connectivity index (χ3n) is 4.98. The molecule has 1 atom stereocenters. The molecule has 0 aliphatic carbocycles. The lowest BCUT2D eigenvalue weighted by molar-refractivity contribution is -0.137. The highest BCUT2D eigenvalue weighted by atomic mass is 32.2. The maximum absolute atomic E-state index is 11.3. The van der Waals surface area contributed by atoms with Crippen molar-refractivity contribution < 1.29 is 23.1 Å². The number of carboxylic acids is 1. The summed E-state index contributed by atoms with van der Waals surface area (Å²) < 4.78 is 30.3. The van der Waals surface area contributed by atoms with E-state index in [-0.39, 0.29) is 18.1 Å². The van der Waals surface area contributed by atoms with Crippen LogP contribution in [0.25, 0.3) is 10.9 Å². The Kier molecular flexibility index (Phi) is 7.54. The number of fused-ring (bicyclic) bond motifs is 1. The largest absolute Gasteiger partial charge is 0.489 e. The molecule has 168 valence electrons. The fourth-order valence-electron chi connectivity index (χ4n) is 3.45. The molecule has 0 aliphatic heterocycles. The van der Waals surface area contributed by atoms with Gasteiger partial charge in [0, 0.05) is 18.2 Å². The summed E-state index contributed by atoms with van der Waals surface area (Å²) in [4.78, 5) is 11.0. The molecule has 0 aliphatic rings. The molecule has 7 nitrogen and oxygen atoms in total. The van der Waals surface area contributed by atoms with Crippen LogP contribution in [0.3, 0.4) is 0 Å². The van der Waals surface area contributed by atoms with Crippen molar-refractivity contribution in [2.75, 3.05) is 12.0 Å². The normalized spacial score (nSPS) is 12.2. The zero-order valence-electron chi connectivity index (χ0n) is 18.1. The van der Waals surface area contributed by atoms with E-state index in [9.17, 15) is 13.2 Å². The van der Waals surface area contributed by atoms with Gasteiger partial charge in [-0.05, 0) is 48.7 Å². The Labute approximate surface area is 187 Å². The van der Waals surface area contributed by atoms with Gasteiger partial charge < -0.3 is 9.84 Å². The Bertz CT molecular complexity index is 1250. The van der Waals surface area contributed by atoms with Crippen LogP contribution in [0, 0.1) is 11.8 Å². The molecule has 0 bridgehead atoms. The molecule has 3 aromatic rings. The molecule has 0 saturated heterocycles. The molecule has 2 aromatic carbocycles. The van der Waals surface area contributed by atoms with Crippen LogP contribution >= 0.6 is 0 Å². The topological polar surface area (TPSA) is 98.5 Å². The first kappa shape index (κ1) is 23.4. The predicted molar refractivity (Wildman–Crippen MR) is 123 cm³/mol. The summed E-state index contributed by atoms with van der Waals surface area (Å²) in [5.74, 6) is 5.32. The molecule has 1 aromatic heterocycles. The number of sulfone groups is 1. The van der Waals surface area contributed by atoms with Crippen molar-refractivity contribution in [3.63, 3.8) is 0 Å². The van der Waals surface area contributed by atoms with E-state index in [0.29, 0.717) is 25.3 Å². The zero-order valence-corrected chi connectivity index (χ0v) is 18.9. The van der Waals surface area contributed by atoms with Crippen molar-refractivity contribution in [1.29, 1.82) is 0 Å². The van der Waals surface area contributed by atoms with Crippen molar-refractivity contribution in [2.24, 2.45) is 0 Å². The van der Waals surface area contributed by atoms with Crippen LogP contribution in [0.1, 0.15) is 36.8 Å². The molecule has 8 heteroatoms. The van der Waals surface area contributed by atoms with Crippen molar-refractivity contribution in [1.82, 2.24) is 9.78 Å². The highest BCUT2D eigenvalue weighted by Crippen LogP contribution is 2.23. The Balaban J connectivity index is 1.62. The minimum atomic E-state index is -2.98. The highest BCUT2D eigenvalue weighted by molar-refractivity contribution is 7.90. The highest BCUT2D eigenvalue weighted by Gasteiger charge is 2.13. The Morgan fingerprint density at radius 3 is 2.62 bits per heavy atom. The number of nitrogens with zero attached hydrogens (tertiary/aromatic N) is 2. The molecule has 32 heavy (non-hydrogen) atoms. The average molecular weight is 455 g/mol. The second-order valence-corrected chi connectivity index (χ2v) is 9.91. The number of ether oxygens (including phenoxy) is 1. The fourth-order valence-corrected chi connectivity index (χ4v) is 4.10. The number of aryl methyl sites for hydroxylation is 1. The van der Waals surface area contributed by atoms with Crippen molar-refractivity contribution in [3.8, 4) is 17.6 Å². The summed E-state index contributed by atoms with van der Waals surface area (Å²) in [5.41, 5.74) is 2.78. The van der Waals surface area contributed by atoms with Gasteiger partial charge in [-0.15, -0.1) is 5.92 Å². The van der Waals surface area contributed by atoms with Gasteiger partial charge in [-0.3, -0.25) is 9.48 Å². The third-order valence-corrected chi connectivity index (χ3v) is 6.01. The first-order valence-corrected chi connectivity index (χ1v) is 12.3. The van der Waals surface area contributed by atoms with Crippen LogP contribution in [0.4, 0.5) is 0 Å². The molecule has 0 fully saturated rings. The molecule has 0 saturated carbocycles. The van der Waals surface area contributed by atoms with E-state index in [1.54, 1.807) is 13.1 Å². The average Bonchev–Trinajstić information content (AvgIpc) is 3.13. The fraction of sp³-hybridized carbons (Fsp3) is 0.333. The Morgan fingerprint density at radius 2 is 1.97 bits per heavy atom. The minimum absolute atomic E-state index is 0.0387. The van der Waals surface area contributed by atoms with Gasteiger partial charge in [0.05, 0.1) is 29.8 Å². The number of benzene rings is 2. The molecule has 1 N–H and O–H groups in total. The SMILES string of the molecule is CC#CC(CC(=O)O)c1ccc(OCc2ccc3c(cnn3CCCS(C)(=O)=O)c2)cc1. The first-order valence-electron chi connectivity index (χ1n) is 10.2. The maximum Gasteiger partial charge on any atom is 0.304 e. The van der Waals surface area contributed by atoms with E-state index in [4.69, 9.17) is 9.84 Å². The predicted octanol–water partition coefficient (Wildman–Crippen LogP) is 3.63. The van der Waals surface area contributed by atoms with E-state index < -0.39 is 15.8 Å². The summed E-state index contributed by atoms with van der Waals surface area (Å²) >= 11 is 0. The summed E-state index contributed by atoms with van der Waals surface area (Å²) in [7, 11) is -2.98. The van der Waals surface area contributed by atoms with Gasteiger partial charge in [-0.25, -0.2) is 8.42 Å². The minimum Gasteiger partial charge on any atom is -0.489 e. The molecular formula is C24H26N2O5S. The Hall–Kier alpha value is -3.31. The quantitative estimate of drug-likeness (QED) is 0.470. The van der Waals surface area contributed by atoms with Gasteiger partial charge in [0.15, 0.2) is 0 Å². The monoisotopic (exact) mass is 454 g/mol. The third kappa shape index (κ3) is 6.59. The van der Waals surface area contributed by atoms with Crippen LogP contribution in [-0.4, -0.2) is 41.3 Å². The number of carboxylic acid groups (broad SMARTS) is 1. The molecule has 1 heterocycles. The lowest BCUT2D eigenvalue weighted by Gasteiger charge is -2.11. The lowest BCUT2D eigenvalue weighted by atomic mass is 9.96. The number of aliphatic carboxylic acids is 1. The van der Waals surface area contributed by atoms with Crippen molar-refractivity contribution in [3.05, 3.63) is 59.8 Å². The maximum atomic E-state index is 11.3. The van der Waals surface area contributed by atoms with E-state index >= 15 is 0 Å². The zero-order chi connectivity index (χ0) is 23.1. The van der Waals surface area contributed by atoms with Crippen molar-refractivity contribution >= 4 is 26.7 Å². The molecule has 0 radical (unpaired) electrons. The van der Waals surface area contributed by atoms with E-state index in [1.807, 2.05) is 47.1 Å². The van der Waals surface area contributed by atoms with Gasteiger partial charge in [-0.1, -0.05) is 24.1 Å². The molecule has 3 rings (SSSR count). The smallest absolute Gasteiger partial charge is 0.304 e. The molecule has 0 amide bonds. The standard InChI is InChI=1S/C24H26N2O5S/c1-3-5-20(15-24(27)28)19-7-9-22(10-8-19)31-17-18-6-11-23-21(14-18)16-25-26(23)12-4-13-32(2,29)30/h6-11,14,16,20H,4,12-13,15,17H2,1-2H3,(H,27,28). The molecular weight excluding hydrogens is 428 g/mol. The van der Waals surface area contributed by atoms with E-state index in [1.165, 1.54) is 6.26 Å². The first-order chi connectivity index (χ1) is 15.2. The van der Waals surface area contributed by atoms with Crippen LogP contribution in [-0.2, 0) is 27.8 Å². The van der Waals surface area contributed by atoms with Crippen LogP contribution in [0.2, 0.25) is 0 Å². The second kappa shape index (κ2) is 10.3. The van der Waals surface area contributed by atoms with Gasteiger partial charge in [0.1, 0.15) is 22.2 Å². The second-order valence-electron chi connectivity index (χ2n) is 7.65. The van der Waals surface area contributed by atoms with Gasteiger partial charge in [0.25, 0.3) is 0 Å². The summed E-state index contributed by atoms with van der Waals surface area (Å²) in [6.07, 6.45) is 3.49. The summed E-state index contributed by atoms with van der Waals surface area (Å²) in [6.45, 7) is 2.62. The van der Waals surface area contributed by atoms with Crippen LogP contribution < -0.4 is 4.74 Å². The summed E-state index contributed by atoms with van der Waals surface area (Å²) in [5, 5.41) is 14.4.